The fourth-order valence-electron chi connectivity index (χ4n) is 4.25. The van der Waals surface area contributed by atoms with Gasteiger partial charge in [0.15, 0.2) is 11.6 Å². The van der Waals surface area contributed by atoms with Crippen LogP contribution in [0.4, 0.5) is 8.78 Å². The van der Waals surface area contributed by atoms with Crippen molar-refractivity contribution in [3.8, 4) is 0 Å². The average molecular weight is 459 g/mol. The van der Waals surface area contributed by atoms with Crippen molar-refractivity contribution in [2.45, 2.75) is 39.3 Å². The molecule has 4 rings (SSSR count). The molecule has 0 fully saturated rings. The van der Waals surface area contributed by atoms with Crippen molar-refractivity contribution in [2.24, 2.45) is 0 Å². The van der Waals surface area contributed by atoms with Crippen molar-refractivity contribution in [2.75, 3.05) is 0 Å². The predicted molar refractivity (Wildman–Crippen MR) is 131 cm³/mol. The van der Waals surface area contributed by atoms with Gasteiger partial charge in [0.25, 0.3) is 5.91 Å². The van der Waals surface area contributed by atoms with Crippen molar-refractivity contribution < 1.29 is 13.6 Å². The molecule has 0 aliphatic heterocycles. The summed E-state index contributed by atoms with van der Waals surface area (Å²) < 4.78 is 29.1. The lowest BCUT2D eigenvalue weighted by Gasteiger charge is -2.17. The van der Waals surface area contributed by atoms with Gasteiger partial charge in [-0.05, 0) is 40.8 Å². The van der Waals surface area contributed by atoms with Gasteiger partial charge >= 0.3 is 0 Å². The Balaban J connectivity index is 1.68. The third-order valence-corrected chi connectivity index (χ3v) is 5.86. The van der Waals surface area contributed by atoms with E-state index in [0.717, 1.165) is 29.1 Å². The monoisotopic (exact) mass is 458 g/mol. The largest absolute Gasteiger partial charge is 0.348 e. The molecule has 0 aliphatic rings. The first kappa shape index (κ1) is 23.4. The van der Waals surface area contributed by atoms with E-state index in [0.29, 0.717) is 24.1 Å². The van der Waals surface area contributed by atoms with Crippen LogP contribution < -0.4 is 5.32 Å². The predicted octanol–water partition coefficient (Wildman–Crippen LogP) is 6.46. The molecule has 3 nitrogen and oxygen atoms in total. The highest BCUT2D eigenvalue weighted by molar-refractivity contribution is 5.96. The number of amides is 1. The topological polar surface area (TPSA) is 34.0 Å². The summed E-state index contributed by atoms with van der Waals surface area (Å²) in [6.45, 7) is 4.93. The summed E-state index contributed by atoms with van der Waals surface area (Å²) in [6.07, 6.45) is 0.698. The molecule has 1 N–H and O–H groups in total. The second-order valence-electron chi connectivity index (χ2n) is 8.75. The number of nitrogens with zero attached hydrogens (tertiary/aromatic N) is 1. The maximum Gasteiger partial charge on any atom is 0.253 e. The second kappa shape index (κ2) is 10.5. The molecule has 0 spiro atoms. The number of halogens is 2. The number of carbonyl (C=O) groups excluding carboxylic acids is 1. The minimum Gasteiger partial charge on any atom is -0.348 e. The molecule has 34 heavy (non-hydrogen) atoms. The minimum atomic E-state index is -0.922. The summed E-state index contributed by atoms with van der Waals surface area (Å²) in [5.41, 5.74) is 5.45. The summed E-state index contributed by atoms with van der Waals surface area (Å²) >= 11 is 0. The molecular weight excluding hydrogens is 430 g/mol. The maximum atomic E-state index is 13.6. The van der Waals surface area contributed by atoms with Gasteiger partial charge in [-0.2, -0.15) is 0 Å². The molecule has 1 heterocycles. The molecule has 0 radical (unpaired) electrons. The quantitative estimate of drug-likeness (QED) is 0.323. The van der Waals surface area contributed by atoms with Crippen molar-refractivity contribution >= 4 is 5.91 Å². The number of rotatable bonds is 8. The third kappa shape index (κ3) is 5.42. The first-order valence-electron chi connectivity index (χ1n) is 11.4. The lowest BCUT2D eigenvalue weighted by molar-refractivity contribution is 0.0949. The molecule has 3 aromatic carbocycles. The minimum absolute atomic E-state index is 0.109. The lowest BCUT2D eigenvalue weighted by atomic mass is 10.0. The Morgan fingerprint density at radius 2 is 1.47 bits per heavy atom. The summed E-state index contributed by atoms with van der Waals surface area (Å²) in [4.78, 5) is 13.3. The van der Waals surface area contributed by atoms with E-state index in [1.165, 1.54) is 11.6 Å². The zero-order valence-corrected chi connectivity index (χ0v) is 19.4. The molecule has 0 unspecified atom stereocenters. The molecule has 0 saturated heterocycles. The van der Waals surface area contributed by atoms with Gasteiger partial charge in [0.2, 0.25) is 0 Å². The number of hydrogen-bond acceptors (Lipinski definition) is 1. The van der Waals surface area contributed by atoms with Crippen LogP contribution in [0.2, 0.25) is 0 Å². The van der Waals surface area contributed by atoms with Crippen LogP contribution in [0.5, 0.6) is 0 Å². The summed E-state index contributed by atoms with van der Waals surface area (Å²) in [5.74, 6) is -1.94. The fraction of sp³-hybridized carbons (Fsp3) is 0.207. The Morgan fingerprint density at radius 3 is 2.09 bits per heavy atom. The molecular formula is C29H28F2N2O. The Labute approximate surface area is 199 Å². The highest BCUT2D eigenvalue weighted by Crippen LogP contribution is 2.27. The van der Waals surface area contributed by atoms with Crippen molar-refractivity contribution in [1.82, 2.24) is 9.88 Å². The van der Waals surface area contributed by atoms with Crippen LogP contribution in [-0.2, 0) is 19.5 Å². The van der Waals surface area contributed by atoms with Crippen LogP contribution in [-0.4, -0.2) is 10.5 Å². The average Bonchev–Trinajstić information content (AvgIpc) is 3.19. The summed E-state index contributed by atoms with van der Waals surface area (Å²) in [5, 5.41) is 2.88. The standard InChI is InChI=1S/C29H28F2N2O/c1-20(2)28-25(29(34)32-18-23-13-14-26(30)27(31)16-23)17-24(15-21-9-5-3-6-10-21)33(28)19-22-11-7-4-8-12-22/h3-14,16-17,20H,15,18-19H2,1-2H3,(H,32,34). The first-order chi connectivity index (χ1) is 16.4. The van der Waals surface area contributed by atoms with Crippen LogP contribution in [0.1, 0.15) is 58.2 Å². The van der Waals surface area contributed by atoms with Crippen LogP contribution in [0.3, 0.4) is 0 Å². The van der Waals surface area contributed by atoms with Gasteiger partial charge in [0.1, 0.15) is 0 Å². The van der Waals surface area contributed by atoms with Gasteiger partial charge in [0, 0.05) is 30.9 Å². The van der Waals surface area contributed by atoms with E-state index in [4.69, 9.17) is 0 Å². The zero-order chi connectivity index (χ0) is 24.1. The van der Waals surface area contributed by atoms with Gasteiger partial charge in [-0.1, -0.05) is 80.6 Å². The van der Waals surface area contributed by atoms with E-state index in [1.807, 2.05) is 42.5 Å². The number of carbonyl (C=O) groups is 1. The van der Waals surface area contributed by atoms with E-state index < -0.39 is 11.6 Å². The van der Waals surface area contributed by atoms with Gasteiger partial charge in [0.05, 0.1) is 5.56 Å². The van der Waals surface area contributed by atoms with Gasteiger partial charge in [-0.15, -0.1) is 0 Å². The zero-order valence-electron chi connectivity index (χ0n) is 19.4. The Kier molecular flexibility index (Phi) is 7.21. The third-order valence-electron chi connectivity index (χ3n) is 5.86. The molecule has 0 aliphatic carbocycles. The van der Waals surface area contributed by atoms with E-state index >= 15 is 0 Å². The summed E-state index contributed by atoms with van der Waals surface area (Å²) in [6, 6.07) is 26.0. The molecule has 1 amide bonds. The number of hydrogen-bond donors (Lipinski definition) is 1. The normalized spacial score (nSPS) is 11.1. The molecule has 0 atom stereocenters. The molecule has 4 aromatic rings. The van der Waals surface area contributed by atoms with E-state index in [1.54, 1.807) is 0 Å². The number of benzene rings is 3. The Hall–Kier alpha value is -3.73. The highest BCUT2D eigenvalue weighted by atomic mass is 19.2. The van der Waals surface area contributed by atoms with E-state index in [2.05, 4.69) is 48.0 Å². The number of aromatic nitrogens is 1. The maximum absolute atomic E-state index is 13.6. The second-order valence-corrected chi connectivity index (χ2v) is 8.75. The first-order valence-corrected chi connectivity index (χ1v) is 11.4. The van der Waals surface area contributed by atoms with E-state index in [9.17, 15) is 13.6 Å². The van der Waals surface area contributed by atoms with Crippen LogP contribution in [0.15, 0.2) is 84.9 Å². The molecule has 0 saturated carbocycles. The van der Waals surface area contributed by atoms with Crippen LogP contribution >= 0.6 is 0 Å². The van der Waals surface area contributed by atoms with Gasteiger partial charge in [-0.25, -0.2) is 8.78 Å². The van der Waals surface area contributed by atoms with E-state index in [-0.39, 0.29) is 18.4 Å². The Morgan fingerprint density at radius 1 is 0.824 bits per heavy atom. The SMILES string of the molecule is CC(C)c1c(C(=O)NCc2ccc(F)c(F)c2)cc(Cc2ccccc2)n1Cc1ccccc1. The molecule has 5 heteroatoms. The van der Waals surface area contributed by atoms with Crippen LogP contribution in [0.25, 0.3) is 0 Å². The van der Waals surface area contributed by atoms with Crippen LogP contribution in [0, 0.1) is 11.6 Å². The van der Waals surface area contributed by atoms with Crippen molar-refractivity contribution in [1.29, 1.82) is 0 Å². The molecule has 0 bridgehead atoms. The molecule has 1 aromatic heterocycles. The molecule has 174 valence electrons. The highest BCUT2D eigenvalue weighted by Gasteiger charge is 2.23. The summed E-state index contributed by atoms with van der Waals surface area (Å²) in [7, 11) is 0. The van der Waals surface area contributed by atoms with Gasteiger partial charge < -0.3 is 9.88 Å². The fourth-order valence-corrected chi connectivity index (χ4v) is 4.25. The van der Waals surface area contributed by atoms with Gasteiger partial charge in [-0.3, -0.25) is 4.79 Å². The van der Waals surface area contributed by atoms with Crippen molar-refractivity contribution in [3.05, 3.63) is 130 Å². The Bertz CT molecular complexity index is 1260. The smallest absolute Gasteiger partial charge is 0.253 e. The number of nitrogens with one attached hydrogen (secondary N) is 1. The van der Waals surface area contributed by atoms with Crippen molar-refractivity contribution in [3.63, 3.8) is 0 Å². The lowest BCUT2D eigenvalue weighted by Crippen LogP contribution is -2.24.